The van der Waals surface area contributed by atoms with E-state index in [9.17, 15) is 32.5 Å². The average molecular weight is 466 g/mol. The van der Waals surface area contributed by atoms with Crippen LogP contribution in [0.25, 0.3) is 0 Å². The Morgan fingerprint density at radius 2 is 1.67 bits per heavy atom. The molecule has 3 rings (SSSR count). The fourth-order valence-corrected chi connectivity index (χ4v) is 3.15. The lowest BCUT2D eigenvalue weighted by Crippen LogP contribution is -2.21. The number of carbonyl (C=O) groups is 1. The first-order chi connectivity index (χ1) is 15.5. The summed E-state index contributed by atoms with van der Waals surface area (Å²) in [5.41, 5.74) is -0.369. The molecule has 33 heavy (non-hydrogen) atoms. The highest BCUT2D eigenvalue weighted by molar-refractivity contribution is 5.91. The molecule has 1 aromatic heterocycles. The molecule has 0 atom stereocenters. The van der Waals surface area contributed by atoms with Gasteiger partial charge in [0.05, 0.1) is 16.7 Å². The van der Waals surface area contributed by atoms with E-state index < -0.39 is 41.6 Å². The zero-order chi connectivity index (χ0) is 24.3. The molecule has 12 heteroatoms. The quantitative estimate of drug-likeness (QED) is 0.260. The minimum Gasteiger partial charge on any atom is -0.457 e. The fourth-order valence-electron chi connectivity index (χ4n) is 3.15. The van der Waals surface area contributed by atoms with Crippen molar-refractivity contribution in [3.8, 4) is 11.5 Å². The molecule has 0 fully saturated rings. The van der Waals surface area contributed by atoms with Crippen molar-refractivity contribution in [2.45, 2.75) is 33.2 Å². The predicted octanol–water partition coefficient (Wildman–Crippen LogP) is 5.71. The summed E-state index contributed by atoms with van der Waals surface area (Å²) in [5.74, 6) is -0.432. The lowest BCUT2D eigenvalue weighted by Gasteiger charge is -2.11. The Kier molecular flexibility index (Phi) is 6.95. The topological polar surface area (TPSA) is 99.3 Å². The molecule has 0 aliphatic carbocycles. The first-order valence-corrected chi connectivity index (χ1v) is 9.51. The number of nitro groups is 1. The summed E-state index contributed by atoms with van der Waals surface area (Å²) in [6.45, 7) is 2.89. The van der Waals surface area contributed by atoms with Crippen LogP contribution < -0.4 is 10.1 Å². The second-order valence-corrected chi connectivity index (χ2v) is 7.20. The van der Waals surface area contributed by atoms with E-state index in [1.54, 1.807) is 12.1 Å². The van der Waals surface area contributed by atoms with Crippen LogP contribution in [-0.4, -0.2) is 20.6 Å². The number of benzene rings is 2. The second-order valence-electron chi connectivity index (χ2n) is 7.20. The van der Waals surface area contributed by atoms with Crippen LogP contribution in [-0.2, 0) is 11.3 Å². The number of ether oxygens (including phenoxy) is 1. The monoisotopic (exact) mass is 466 g/mol. The summed E-state index contributed by atoms with van der Waals surface area (Å²) in [6, 6.07) is 9.38. The third-order valence-electron chi connectivity index (χ3n) is 4.39. The Hall–Kier alpha value is -3.96. The van der Waals surface area contributed by atoms with Crippen molar-refractivity contribution in [1.29, 1.82) is 0 Å². The number of carbonyl (C=O) groups excluding carboxylic acids is 1. The molecular weight excluding hydrogens is 448 g/mol. The van der Waals surface area contributed by atoms with Crippen LogP contribution in [0.15, 0.2) is 42.5 Å². The van der Waals surface area contributed by atoms with Gasteiger partial charge in [-0.3, -0.25) is 19.6 Å². The highest BCUT2D eigenvalue weighted by Crippen LogP contribution is 2.31. The van der Waals surface area contributed by atoms with Gasteiger partial charge in [-0.2, -0.15) is 5.10 Å². The Labute approximate surface area is 184 Å². The number of hydrogen-bond acceptors (Lipinski definition) is 5. The number of amides is 1. The SMILES string of the molecule is Cc1cc(C)cc(Oc2cc(NC(=O)Cn3nc(C(F)F)cc3C(F)F)cc([N+](=O)[O-])c2)c1. The predicted molar refractivity (Wildman–Crippen MR) is 110 cm³/mol. The number of alkyl halides is 4. The third-order valence-corrected chi connectivity index (χ3v) is 4.39. The Morgan fingerprint density at radius 1 is 1.03 bits per heavy atom. The van der Waals surface area contributed by atoms with Crippen molar-refractivity contribution >= 4 is 17.3 Å². The maximum Gasteiger partial charge on any atom is 0.282 e. The number of aryl methyl sites for hydroxylation is 2. The van der Waals surface area contributed by atoms with Crippen LogP contribution in [0.3, 0.4) is 0 Å². The molecule has 0 spiro atoms. The molecule has 0 saturated heterocycles. The van der Waals surface area contributed by atoms with E-state index >= 15 is 0 Å². The van der Waals surface area contributed by atoms with Gasteiger partial charge in [-0.15, -0.1) is 0 Å². The van der Waals surface area contributed by atoms with Crippen LogP contribution in [0.2, 0.25) is 0 Å². The van der Waals surface area contributed by atoms with Gasteiger partial charge in [-0.1, -0.05) is 6.07 Å². The van der Waals surface area contributed by atoms with Crippen molar-refractivity contribution in [3.63, 3.8) is 0 Å². The van der Waals surface area contributed by atoms with Gasteiger partial charge in [0.25, 0.3) is 18.5 Å². The van der Waals surface area contributed by atoms with Gasteiger partial charge in [0.2, 0.25) is 5.91 Å². The second kappa shape index (κ2) is 9.67. The normalized spacial score (nSPS) is 11.2. The maximum absolute atomic E-state index is 13.1. The number of nitro benzene ring substituents is 1. The van der Waals surface area contributed by atoms with Gasteiger partial charge in [0, 0.05) is 12.1 Å². The van der Waals surface area contributed by atoms with Crippen molar-refractivity contribution in [2.24, 2.45) is 0 Å². The van der Waals surface area contributed by atoms with Crippen molar-refractivity contribution in [3.05, 3.63) is 75.1 Å². The molecule has 1 amide bonds. The number of non-ortho nitro benzene ring substituents is 1. The molecule has 174 valence electrons. The molecule has 0 bridgehead atoms. The number of anilines is 1. The van der Waals surface area contributed by atoms with Crippen LogP contribution in [0, 0.1) is 24.0 Å². The number of nitrogens with one attached hydrogen (secondary N) is 1. The van der Waals surface area contributed by atoms with Crippen molar-refractivity contribution < 1.29 is 32.0 Å². The zero-order valence-electron chi connectivity index (χ0n) is 17.4. The van der Waals surface area contributed by atoms with Gasteiger partial charge >= 0.3 is 0 Å². The van der Waals surface area contributed by atoms with Crippen LogP contribution >= 0.6 is 0 Å². The molecule has 0 radical (unpaired) electrons. The molecule has 8 nitrogen and oxygen atoms in total. The van der Waals surface area contributed by atoms with E-state index in [2.05, 4.69) is 10.4 Å². The maximum atomic E-state index is 13.1. The minimum absolute atomic E-state index is 0.0478. The molecule has 0 saturated carbocycles. The summed E-state index contributed by atoms with van der Waals surface area (Å²) in [6.07, 6.45) is -6.22. The van der Waals surface area contributed by atoms with E-state index in [4.69, 9.17) is 4.74 Å². The summed E-state index contributed by atoms with van der Waals surface area (Å²) >= 11 is 0. The van der Waals surface area contributed by atoms with Gasteiger partial charge in [-0.25, -0.2) is 17.6 Å². The van der Waals surface area contributed by atoms with E-state index in [0.717, 1.165) is 23.3 Å². The minimum atomic E-state index is -3.13. The van der Waals surface area contributed by atoms with Gasteiger partial charge in [0.1, 0.15) is 29.4 Å². The molecule has 1 N–H and O–H groups in total. The standard InChI is InChI=1S/C21H18F4N4O4/c1-11-3-12(2)5-15(4-11)33-16-7-13(6-14(8-16)29(31)32)26-19(30)10-28-18(21(24)25)9-17(27-28)20(22)23/h3-9,20-21H,10H2,1-2H3,(H,26,30). The first kappa shape index (κ1) is 23.7. The molecule has 3 aromatic rings. The number of nitrogens with zero attached hydrogens (tertiary/aromatic N) is 3. The average Bonchev–Trinajstić information content (AvgIpc) is 3.11. The van der Waals surface area contributed by atoms with Crippen LogP contribution in [0.5, 0.6) is 11.5 Å². The third kappa shape index (κ3) is 6.05. The molecule has 2 aromatic carbocycles. The number of hydrogen-bond donors (Lipinski definition) is 1. The number of halogens is 4. The number of rotatable bonds is 8. The smallest absolute Gasteiger partial charge is 0.282 e. The highest BCUT2D eigenvalue weighted by Gasteiger charge is 2.23. The van der Waals surface area contributed by atoms with E-state index in [1.807, 2.05) is 19.9 Å². The van der Waals surface area contributed by atoms with E-state index in [-0.39, 0.29) is 17.1 Å². The summed E-state index contributed by atoms with van der Waals surface area (Å²) in [7, 11) is 0. The number of aromatic nitrogens is 2. The largest absolute Gasteiger partial charge is 0.457 e. The van der Waals surface area contributed by atoms with Gasteiger partial charge in [-0.05, 0) is 43.2 Å². The Balaban J connectivity index is 1.84. The fraction of sp³-hybridized carbons (Fsp3) is 0.238. The zero-order valence-corrected chi connectivity index (χ0v) is 17.4. The summed E-state index contributed by atoms with van der Waals surface area (Å²) in [4.78, 5) is 23.0. The van der Waals surface area contributed by atoms with Crippen molar-refractivity contribution in [2.75, 3.05) is 5.32 Å². The molecule has 0 unspecified atom stereocenters. The van der Waals surface area contributed by atoms with E-state index in [0.29, 0.717) is 16.5 Å². The summed E-state index contributed by atoms with van der Waals surface area (Å²) < 4.78 is 58.0. The Bertz CT molecular complexity index is 1180. The summed E-state index contributed by atoms with van der Waals surface area (Å²) in [5, 5.41) is 17.0. The van der Waals surface area contributed by atoms with E-state index in [1.165, 1.54) is 6.07 Å². The molecule has 0 aliphatic heterocycles. The lowest BCUT2D eigenvalue weighted by molar-refractivity contribution is -0.384. The highest BCUT2D eigenvalue weighted by atomic mass is 19.3. The van der Waals surface area contributed by atoms with Crippen LogP contribution in [0.4, 0.5) is 28.9 Å². The first-order valence-electron chi connectivity index (χ1n) is 9.51. The van der Waals surface area contributed by atoms with Crippen molar-refractivity contribution in [1.82, 2.24) is 9.78 Å². The molecule has 0 aliphatic rings. The van der Waals surface area contributed by atoms with Gasteiger partial charge in [0.15, 0.2) is 0 Å². The van der Waals surface area contributed by atoms with Crippen LogP contribution in [0.1, 0.15) is 35.4 Å². The molecular formula is C21H18F4N4O4. The lowest BCUT2D eigenvalue weighted by atomic mass is 10.1. The van der Waals surface area contributed by atoms with Gasteiger partial charge < -0.3 is 10.1 Å². The molecule has 1 heterocycles. The Morgan fingerprint density at radius 3 is 2.24 bits per heavy atom.